The summed E-state index contributed by atoms with van der Waals surface area (Å²) < 4.78 is 0. The lowest BCUT2D eigenvalue weighted by Gasteiger charge is -2.13. The Morgan fingerprint density at radius 3 is 2.73 bits per heavy atom. The van der Waals surface area contributed by atoms with Gasteiger partial charge in [-0.2, -0.15) is 0 Å². The summed E-state index contributed by atoms with van der Waals surface area (Å²) in [5.74, 6) is -0.922. The van der Waals surface area contributed by atoms with Crippen molar-refractivity contribution in [2.24, 2.45) is 0 Å². The van der Waals surface area contributed by atoms with Crippen LogP contribution in [-0.4, -0.2) is 11.1 Å². The minimum Gasteiger partial charge on any atom is -0.478 e. The highest BCUT2D eigenvalue weighted by Crippen LogP contribution is 2.26. The normalized spacial score (nSPS) is 17.1. The molecule has 0 fully saturated rings. The van der Waals surface area contributed by atoms with Gasteiger partial charge in [-0.05, 0) is 42.5 Å². The number of rotatable bonds is 4. The Morgan fingerprint density at radius 2 is 1.95 bits per heavy atom. The summed E-state index contributed by atoms with van der Waals surface area (Å²) in [5, 5.41) is 8.66. The van der Waals surface area contributed by atoms with Crippen LogP contribution in [0.3, 0.4) is 0 Å². The van der Waals surface area contributed by atoms with Gasteiger partial charge in [0.15, 0.2) is 0 Å². The number of benzene rings is 1. The van der Waals surface area contributed by atoms with Crippen LogP contribution in [0.4, 0.5) is 0 Å². The highest BCUT2D eigenvalue weighted by atomic mass is 16.4. The van der Waals surface area contributed by atoms with Crippen molar-refractivity contribution >= 4 is 11.5 Å². The Morgan fingerprint density at radius 1 is 1.18 bits per heavy atom. The van der Waals surface area contributed by atoms with Gasteiger partial charge in [-0.3, -0.25) is 0 Å². The number of carboxylic acid groups (broad SMARTS) is 1. The first kappa shape index (κ1) is 15.8. The van der Waals surface area contributed by atoms with Gasteiger partial charge in [-0.15, -0.1) is 0 Å². The fourth-order valence-electron chi connectivity index (χ4n) is 2.40. The van der Waals surface area contributed by atoms with Crippen molar-refractivity contribution < 1.29 is 9.90 Å². The van der Waals surface area contributed by atoms with Gasteiger partial charge in [-0.1, -0.05) is 66.3 Å². The molecule has 0 amide bonds. The Hall–Kier alpha value is -2.61. The van der Waals surface area contributed by atoms with Crippen molar-refractivity contribution in [1.29, 1.82) is 0 Å². The molecular weight excluding hydrogens is 272 g/mol. The zero-order valence-corrected chi connectivity index (χ0v) is 12.9. The zero-order chi connectivity index (χ0) is 15.9. The molecule has 1 aromatic carbocycles. The molecule has 0 saturated carbocycles. The molecule has 1 aliphatic rings. The molecule has 1 aromatic rings. The number of hydrogen-bond acceptors (Lipinski definition) is 1. The van der Waals surface area contributed by atoms with Gasteiger partial charge >= 0.3 is 5.97 Å². The summed E-state index contributed by atoms with van der Waals surface area (Å²) >= 11 is 0. The summed E-state index contributed by atoms with van der Waals surface area (Å²) in [6.45, 7) is 3.81. The van der Waals surface area contributed by atoms with E-state index in [-0.39, 0.29) is 0 Å². The molecule has 0 radical (unpaired) electrons. The van der Waals surface area contributed by atoms with Crippen LogP contribution in [0.5, 0.6) is 0 Å². The second-order valence-electron chi connectivity index (χ2n) is 5.36. The topological polar surface area (TPSA) is 37.3 Å². The average molecular weight is 292 g/mol. The van der Waals surface area contributed by atoms with E-state index in [4.69, 9.17) is 5.11 Å². The van der Waals surface area contributed by atoms with Crippen molar-refractivity contribution in [1.82, 2.24) is 0 Å². The van der Waals surface area contributed by atoms with E-state index in [2.05, 4.69) is 42.5 Å². The molecule has 2 nitrogen and oxygen atoms in total. The Labute approximate surface area is 131 Å². The number of allylic oxidation sites excluding steroid dienone is 9. The minimum absolute atomic E-state index is 0.715. The van der Waals surface area contributed by atoms with E-state index < -0.39 is 5.97 Å². The number of carboxylic acids is 1. The molecule has 1 aliphatic carbocycles. The molecule has 2 rings (SSSR count). The number of fused-ring (bicyclic) bond motifs is 1. The lowest BCUT2D eigenvalue weighted by molar-refractivity contribution is -0.131. The first-order valence-corrected chi connectivity index (χ1v) is 7.29. The predicted octanol–water partition coefficient (Wildman–Crippen LogP) is 4.72. The summed E-state index contributed by atoms with van der Waals surface area (Å²) in [7, 11) is 0. The van der Waals surface area contributed by atoms with Gasteiger partial charge in [0.05, 0.1) is 0 Å². The van der Waals surface area contributed by atoms with Crippen molar-refractivity contribution in [3.05, 3.63) is 89.1 Å². The largest absolute Gasteiger partial charge is 0.478 e. The first-order chi connectivity index (χ1) is 10.6. The van der Waals surface area contributed by atoms with Crippen molar-refractivity contribution in [3.63, 3.8) is 0 Å². The third-order valence-electron chi connectivity index (χ3n) is 3.42. The van der Waals surface area contributed by atoms with Gasteiger partial charge in [0.1, 0.15) is 0 Å². The summed E-state index contributed by atoms with van der Waals surface area (Å²) in [6, 6.07) is 8.43. The Balaban J connectivity index is 2.17. The lowest BCUT2D eigenvalue weighted by Crippen LogP contribution is -1.95. The zero-order valence-electron chi connectivity index (χ0n) is 12.9. The smallest absolute Gasteiger partial charge is 0.328 e. The fraction of sp³-hybridized carbons (Fsp3) is 0.150. The van der Waals surface area contributed by atoms with E-state index in [9.17, 15) is 4.79 Å². The number of hydrogen-bond donors (Lipinski definition) is 1. The Bertz CT molecular complexity index is 713. The minimum atomic E-state index is -0.922. The molecular formula is C20H20O2. The maximum absolute atomic E-state index is 10.5. The van der Waals surface area contributed by atoms with Gasteiger partial charge in [0.25, 0.3) is 0 Å². The molecule has 1 N–H and O–H groups in total. The van der Waals surface area contributed by atoms with Crippen molar-refractivity contribution in [2.75, 3.05) is 0 Å². The van der Waals surface area contributed by atoms with Crippen LogP contribution in [0, 0.1) is 0 Å². The standard InChI is InChI=1S/C20H20O2/c1-15(7-5-8-16(2)14-20(21)22)13-18-11-6-10-17-9-3-4-12-19(17)18/h3-9,11-14H,10H2,1-2H3,(H,21,22)/b8-5+,15-7-,16-14+,18-13+. The summed E-state index contributed by atoms with van der Waals surface area (Å²) in [6.07, 6.45) is 14.3. The van der Waals surface area contributed by atoms with Crippen molar-refractivity contribution in [3.8, 4) is 0 Å². The van der Waals surface area contributed by atoms with Crippen LogP contribution in [0.1, 0.15) is 25.0 Å². The van der Waals surface area contributed by atoms with E-state index in [1.807, 2.05) is 19.1 Å². The summed E-state index contributed by atoms with van der Waals surface area (Å²) in [5.41, 5.74) is 5.67. The van der Waals surface area contributed by atoms with Gasteiger partial charge in [-0.25, -0.2) is 4.79 Å². The van der Waals surface area contributed by atoms with Crippen LogP contribution < -0.4 is 0 Å². The maximum atomic E-state index is 10.5. The Kier molecular flexibility index (Phi) is 5.31. The van der Waals surface area contributed by atoms with Crippen molar-refractivity contribution in [2.45, 2.75) is 20.3 Å². The van der Waals surface area contributed by atoms with E-state index in [1.54, 1.807) is 13.0 Å². The van der Waals surface area contributed by atoms with E-state index in [0.29, 0.717) is 5.57 Å². The molecule has 0 aromatic heterocycles. The quantitative estimate of drug-likeness (QED) is 0.644. The second kappa shape index (κ2) is 7.41. The first-order valence-electron chi connectivity index (χ1n) is 7.29. The molecule has 0 saturated heterocycles. The van der Waals surface area contributed by atoms with E-state index >= 15 is 0 Å². The lowest BCUT2D eigenvalue weighted by atomic mass is 9.91. The van der Waals surface area contributed by atoms with Gasteiger partial charge < -0.3 is 5.11 Å². The molecule has 0 unspecified atom stereocenters. The SMILES string of the molecule is CC(=C/C=C/C(C)=C/C(=O)O)/C=C1\C=CCc2ccccc21. The van der Waals surface area contributed by atoms with Gasteiger partial charge in [0, 0.05) is 6.08 Å². The fourth-order valence-corrected chi connectivity index (χ4v) is 2.40. The molecule has 0 bridgehead atoms. The average Bonchev–Trinajstić information content (AvgIpc) is 2.47. The maximum Gasteiger partial charge on any atom is 0.328 e. The molecule has 22 heavy (non-hydrogen) atoms. The molecule has 0 spiro atoms. The predicted molar refractivity (Wildman–Crippen MR) is 91.6 cm³/mol. The van der Waals surface area contributed by atoms with Crippen LogP contribution in [-0.2, 0) is 11.2 Å². The van der Waals surface area contributed by atoms with Crippen LogP contribution in [0.25, 0.3) is 5.57 Å². The third-order valence-corrected chi connectivity index (χ3v) is 3.42. The molecule has 0 heterocycles. The van der Waals surface area contributed by atoms with E-state index in [1.165, 1.54) is 22.8 Å². The van der Waals surface area contributed by atoms with Crippen LogP contribution in [0.2, 0.25) is 0 Å². The van der Waals surface area contributed by atoms with Crippen LogP contribution in [0.15, 0.2) is 77.9 Å². The highest BCUT2D eigenvalue weighted by molar-refractivity contribution is 5.81. The van der Waals surface area contributed by atoms with Crippen LogP contribution >= 0.6 is 0 Å². The number of carbonyl (C=O) groups is 1. The number of aliphatic carboxylic acids is 1. The molecule has 0 aliphatic heterocycles. The highest BCUT2D eigenvalue weighted by Gasteiger charge is 2.07. The molecule has 0 atom stereocenters. The van der Waals surface area contributed by atoms with Gasteiger partial charge in [0.2, 0.25) is 0 Å². The molecule has 2 heteroatoms. The van der Waals surface area contributed by atoms with E-state index in [0.717, 1.165) is 12.0 Å². The second-order valence-corrected chi connectivity index (χ2v) is 5.36. The summed E-state index contributed by atoms with van der Waals surface area (Å²) in [4.78, 5) is 10.5. The molecule has 112 valence electrons. The third kappa shape index (κ3) is 4.45. The monoisotopic (exact) mass is 292 g/mol.